The van der Waals surface area contributed by atoms with E-state index in [2.05, 4.69) is 32.0 Å². The number of hydrogen-bond acceptors (Lipinski definition) is 3. The highest BCUT2D eigenvalue weighted by Crippen LogP contribution is 2.20. The molecule has 1 heterocycles. The van der Waals surface area contributed by atoms with Crippen LogP contribution in [0.25, 0.3) is 5.57 Å². The van der Waals surface area contributed by atoms with Gasteiger partial charge in [-0.3, -0.25) is 0 Å². The summed E-state index contributed by atoms with van der Waals surface area (Å²) in [5.74, 6) is 0.579. The Kier molecular flexibility index (Phi) is 4.59. The van der Waals surface area contributed by atoms with E-state index in [4.69, 9.17) is 4.74 Å². The van der Waals surface area contributed by atoms with Gasteiger partial charge in [-0.2, -0.15) is 0 Å². The van der Waals surface area contributed by atoms with Crippen molar-refractivity contribution in [3.8, 4) is 5.88 Å². The number of methoxy groups -OCH3 is 1. The first-order valence-corrected chi connectivity index (χ1v) is 5.49. The maximum Gasteiger partial charge on any atom is 0.239 e. The van der Waals surface area contributed by atoms with E-state index in [0.717, 1.165) is 23.0 Å². The number of alkyl halides is 1. The normalized spacial score (nSPS) is 11.5. The predicted octanol–water partition coefficient (Wildman–Crippen LogP) is 2.67. The highest BCUT2D eigenvalue weighted by molar-refractivity contribution is 9.09. The van der Waals surface area contributed by atoms with Crippen molar-refractivity contribution in [2.24, 2.45) is 0 Å². The number of rotatable bonds is 4. The fourth-order valence-corrected chi connectivity index (χ4v) is 1.34. The first-order chi connectivity index (χ1) is 6.79. The SMILES string of the molecule is COc1nccnc1C(C)=CCCBr. The molecule has 0 aromatic carbocycles. The number of hydrogen-bond donors (Lipinski definition) is 0. The third-order valence-electron chi connectivity index (χ3n) is 1.79. The average Bonchev–Trinajstić information content (AvgIpc) is 2.25. The van der Waals surface area contributed by atoms with E-state index in [1.165, 1.54) is 0 Å². The lowest BCUT2D eigenvalue weighted by Crippen LogP contribution is -1.95. The molecule has 0 aliphatic carbocycles. The quantitative estimate of drug-likeness (QED) is 0.778. The molecule has 0 amide bonds. The molecule has 0 saturated carbocycles. The molecule has 0 aliphatic rings. The minimum absolute atomic E-state index is 0.579. The zero-order valence-corrected chi connectivity index (χ0v) is 9.91. The van der Waals surface area contributed by atoms with Crippen LogP contribution in [-0.4, -0.2) is 22.4 Å². The summed E-state index contributed by atoms with van der Waals surface area (Å²) in [5.41, 5.74) is 1.91. The van der Waals surface area contributed by atoms with Gasteiger partial charge in [0.15, 0.2) is 0 Å². The van der Waals surface area contributed by atoms with E-state index in [0.29, 0.717) is 5.88 Å². The molecule has 0 aliphatic heterocycles. The van der Waals surface area contributed by atoms with Crippen molar-refractivity contribution in [1.82, 2.24) is 9.97 Å². The summed E-state index contributed by atoms with van der Waals surface area (Å²) in [6, 6.07) is 0. The van der Waals surface area contributed by atoms with Gasteiger partial charge in [0, 0.05) is 17.7 Å². The second-order valence-corrected chi connectivity index (χ2v) is 3.57. The van der Waals surface area contributed by atoms with Crippen LogP contribution in [0.5, 0.6) is 5.88 Å². The van der Waals surface area contributed by atoms with Crippen molar-refractivity contribution in [1.29, 1.82) is 0 Å². The van der Waals surface area contributed by atoms with Crippen LogP contribution in [0.4, 0.5) is 0 Å². The Morgan fingerprint density at radius 3 is 2.86 bits per heavy atom. The summed E-state index contributed by atoms with van der Waals surface area (Å²) in [7, 11) is 1.60. The second-order valence-electron chi connectivity index (χ2n) is 2.78. The molecule has 76 valence electrons. The summed E-state index contributed by atoms with van der Waals surface area (Å²) in [5, 5.41) is 0.951. The van der Waals surface area contributed by atoms with Gasteiger partial charge in [-0.05, 0) is 18.9 Å². The summed E-state index contributed by atoms with van der Waals surface area (Å²) in [6.07, 6.45) is 6.39. The van der Waals surface area contributed by atoms with Crippen LogP contribution in [-0.2, 0) is 0 Å². The number of nitrogens with zero attached hydrogens (tertiary/aromatic N) is 2. The van der Waals surface area contributed by atoms with Gasteiger partial charge in [-0.15, -0.1) is 0 Å². The van der Waals surface area contributed by atoms with Crippen LogP contribution in [0.2, 0.25) is 0 Å². The largest absolute Gasteiger partial charge is 0.479 e. The number of aromatic nitrogens is 2. The smallest absolute Gasteiger partial charge is 0.239 e. The minimum atomic E-state index is 0.579. The summed E-state index contributed by atoms with van der Waals surface area (Å²) >= 11 is 3.37. The Balaban J connectivity index is 2.93. The predicted molar refractivity (Wildman–Crippen MR) is 60.6 cm³/mol. The van der Waals surface area contributed by atoms with Crippen LogP contribution >= 0.6 is 15.9 Å². The number of halogens is 1. The van der Waals surface area contributed by atoms with Gasteiger partial charge in [0.2, 0.25) is 5.88 Å². The van der Waals surface area contributed by atoms with Crippen molar-refractivity contribution >= 4 is 21.5 Å². The van der Waals surface area contributed by atoms with Crippen LogP contribution < -0.4 is 4.74 Å². The van der Waals surface area contributed by atoms with E-state index in [1.54, 1.807) is 19.5 Å². The number of allylic oxidation sites excluding steroid dienone is 2. The van der Waals surface area contributed by atoms with Gasteiger partial charge in [0.25, 0.3) is 0 Å². The molecule has 0 unspecified atom stereocenters. The molecular weight excluding hydrogens is 244 g/mol. The van der Waals surface area contributed by atoms with E-state index in [9.17, 15) is 0 Å². The Morgan fingerprint density at radius 1 is 1.50 bits per heavy atom. The van der Waals surface area contributed by atoms with E-state index < -0.39 is 0 Å². The molecule has 1 aromatic heterocycles. The Hall–Kier alpha value is -0.900. The Morgan fingerprint density at radius 2 is 2.21 bits per heavy atom. The first kappa shape index (κ1) is 11.2. The lowest BCUT2D eigenvalue weighted by molar-refractivity contribution is 0.394. The van der Waals surface area contributed by atoms with Crippen LogP contribution in [0.15, 0.2) is 18.5 Å². The van der Waals surface area contributed by atoms with Crippen molar-refractivity contribution < 1.29 is 4.74 Å². The van der Waals surface area contributed by atoms with Gasteiger partial charge in [0.1, 0.15) is 5.69 Å². The molecular formula is C10H13BrN2O. The van der Waals surface area contributed by atoms with E-state index >= 15 is 0 Å². The zero-order valence-electron chi connectivity index (χ0n) is 8.33. The summed E-state index contributed by atoms with van der Waals surface area (Å²) in [6.45, 7) is 2.01. The molecule has 0 radical (unpaired) electrons. The molecule has 4 heteroatoms. The van der Waals surface area contributed by atoms with E-state index in [1.807, 2.05) is 6.92 Å². The van der Waals surface area contributed by atoms with Crippen LogP contribution in [0, 0.1) is 0 Å². The second kappa shape index (κ2) is 5.75. The lowest BCUT2D eigenvalue weighted by Gasteiger charge is -2.05. The zero-order chi connectivity index (χ0) is 10.4. The maximum absolute atomic E-state index is 5.12. The minimum Gasteiger partial charge on any atom is -0.479 e. The topological polar surface area (TPSA) is 35.0 Å². The lowest BCUT2D eigenvalue weighted by atomic mass is 10.2. The Labute approximate surface area is 92.4 Å². The number of ether oxygens (including phenoxy) is 1. The molecule has 0 N–H and O–H groups in total. The fourth-order valence-electron chi connectivity index (χ4n) is 1.11. The van der Waals surface area contributed by atoms with Gasteiger partial charge in [-0.1, -0.05) is 22.0 Å². The van der Waals surface area contributed by atoms with Gasteiger partial charge in [-0.25, -0.2) is 9.97 Å². The molecule has 1 aromatic rings. The molecule has 0 atom stereocenters. The van der Waals surface area contributed by atoms with Crippen LogP contribution in [0.1, 0.15) is 19.0 Å². The standard InChI is InChI=1S/C10H13BrN2O/c1-8(4-3-5-11)9-10(14-2)13-7-6-12-9/h4,6-7H,3,5H2,1-2H3. The molecule has 0 bridgehead atoms. The maximum atomic E-state index is 5.12. The molecule has 0 saturated heterocycles. The Bertz CT molecular complexity index is 326. The van der Waals surface area contributed by atoms with Gasteiger partial charge >= 0.3 is 0 Å². The third kappa shape index (κ3) is 2.80. The highest BCUT2D eigenvalue weighted by atomic mass is 79.9. The average molecular weight is 257 g/mol. The molecule has 1 rings (SSSR count). The van der Waals surface area contributed by atoms with Crippen molar-refractivity contribution in [2.75, 3.05) is 12.4 Å². The molecule has 14 heavy (non-hydrogen) atoms. The molecule has 3 nitrogen and oxygen atoms in total. The molecule has 0 fully saturated rings. The van der Waals surface area contributed by atoms with Crippen molar-refractivity contribution in [3.63, 3.8) is 0 Å². The van der Waals surface area contributed by atoms with Gasteiger partial charge in [0.05, 0.1) is 7.11 Å². The third-order valence-corrected chi connectivity index (χ3v) is 2.25. The monoisotopic (exact) mass is 256 g/mol. The summed E-state index contributed by atoms with van der Waals surface area (Å²) < 4.78 is 5.12. The summed E-state index contributed by atoms with van der Waals surface area (Å²) in [4.78, 5) is 8.32. The van der Waals surface area contributed by atoms with Gasteiger partial charge < -0.3 is 4.74 Å². The van der Waals surface area contributed by atoms with Crippen molar-refractivity contribution in [2.45, 2.75) is 13.3 Å². The molecule has 0 spiro atoms. The van der Waals surface area contributed by atoms with E-state index in [-0.39, 0.29) is 0 Å². The van der Waals surface area contributed by atoms with Crippen molar-refractivity contribution in [3.05, 3.63) is 24.2 Å². The highest BCUT2D eigenvalue weighted by Gasteiger charge is 2.05. The fraction of sp³-hybridized carbons (Fsp3) is 0.400. The van der Waals surface area contributed by atoms with Crippen LogP contribution in [0.3, 0.4) is 0 Å². The first-order valence-electron chi connectivity index (χ1n) is 4.37.